The van der Waals surface area contributed by atoms with E-state index in [1.807, 2.05) is 36.4 Å². The van der Waals surface area contributed by atoms with Crippen LogP contribution in [0.15, 0.2) is 72.8 Å². The molecule has 1 N–H and O–H groups in total. The number of nitrogens with one attached hydrogen (secondary N) is 1. The van der Waals surface area contributed by atoms with Gasteiger partial charge in [0.2, 0.25) is 0 Å². The lowest BCUT2D eigenvalue weighted by atomic mass is 9.98. The van der Waals surface area contributed by atoms with Crippen LogP contribution in [-0.4, -0.2) is 116 Å². The number of carbonyl (C=O) groups excluding carboxylic acids is 2. The average Bonchev–Trinajstić information content (AvgIpc) is 3.46. The molecule has 3 aromatic rings. The maximum absolute atomic E-state index is 12.6. The van der Waals surface area contributed by atoms with Crippen LogP contribution < -0.4 is 5.32 Å². The molecule has 272 valence electrons. The van der Waals surface area contributed by atoms with Gasteiger partial charge in [-0.1, -0.05) is 61.9 Å². The highest BCUT2D eigenvalue weighted by atomic mass is 16.6. The topological polar surface area (TPSA) is 114 Å². The van der Waals surface area contributed by atoms with Crippen LogP contribution in [0, 0.1) is 0 Å². The molecule has 0 spiro atoms. The minimum atomic E-state index is -0.369. The van der Waals surface area contributed by atoms with Gasteiger partial charge in [0.15, 0.2) is 0 Å². The van der Waals surface area contributed by atoms with Crippen molar-refractivity contribution in [1.82, 2.24) is 4.90 Å². The van der Waals surface area contributed by atoms with Crippen molar-refractivity contribution in [3.63, 3.8) is 0 Å². The average molecular weight is 693 g/mol. The number of amides is 1. The standard InChI is InChI=1S/C39H52N2O9/c1-3-4-17-40-32-15-13-31(14-16-32)38(42)49-29-28-48-27-26-47-25-24-46-23-22-45-21-20-44-19-18-41(2)39(43)50-30-37-35-11-7-5-9-33(35)34-10-6-8-12-36(34)37/h5-16,37,40H,3-4,17-30H2,1-2H3. The number of hydrogen-bond acceptors (Lipinski definition) is 10. The fraction of sp³-hybridized carbons (Fsp3) is 0.487. The third kappa shape index (κ3) is 13.0. The second kappa shape index (κ2) is 22.7. The Labute approximate surface area is 296 Å². The lowest BCUT2D eigenvalue weighted by Crippen LogP contribution is -2.32. The zero-order valence-corrected chi connectivity index (χ0v) is 29.4. The highest BCUT2D eigenvalue weighted by Crippen LogP contribution is 2.44. The zero-order valence-electron chi connectivity index (χ0n) is 29.4. The molecule has 3 aromatic carbocycles. The summed E-state index contributed by atoms with van der Waals surface area (Å²) < 4.78 is 38.5. The van der Waals surface area contributed by atoms with Gasteiger partial charge in [-0.2, -0.15) is 0 Å². The molecule has 1 amide bonds. The molecule has 4 rings (SSSR count). The summed E-state index contributed by atoms with van der Waals surface area (Å²) in [7, 11) is 1.71. The van der Waals surface area contributed by atoms with E-state index in [1.165, 1.54) is 27.2 Å². The van der Waals surface area contributed by atoms with Crippen LogP contribution >= 0.6 is 0 Å². The highest BCUT2D eigenvalue weighted by Gasteiger charge is 2.29. The fourth-order valence-corrected chi connectivity index (χ4v) is 5.39. The molecule has 0 atom stereocenters. The normalized spacial score (nSPS) is 12.0. The summed E-state index contributed by atoms with van der Waals surface area (Å²) in [6.07, 6.45) is 1.87. The summed E-state index contributed by atoms with van der Waals surface area (Å²) in [4.78, 5) is 26.3. The Morgan fingerprint density at radius 3 is 1.68 bits per heavy atom. The number of unbranched alkanes of at least 4 members (excludes halogenated alkanes) is 1. The van der Waals surface area contributed by atoms with E-state index in [9.17, 15) is 9.59 Å². The van der Waals surface area contributed by atoms with E-state index in [-0.39, 0.29) is 24.6 Å². The molecule has 0 saturated carbocycles. The van der Waals surface area contributed by atoms with Crippen LogP contribution in [0.4, 0.5) is 10.5 Å². The van der Waals surface area contributed by atoms with Gasteiger partial charge in [-0.15, -0.1) is 0 Å². The maximum Gasteiger partial charge on any atom is 0.409 e. The van der Waals surface area contributed by atoms with Crippen molar-refractivity contribution in [3.8, 4) is 11.1 Å². The highest BCUT2D eigenvalue weighted by molar-refractivity contribution is 5.89. The van der Waals surface area contributed by atoms with Gasteiger partial charge in [-0.3, -0.25) is 0 Å². The van der Waals surface area contributed by atoms with Crippen molar-refractivity contribution in [2.45, 2.75) is 25.7 Å². The van der Waals surface area contributed by atoms with Crippen molar-refractivity contribution >= 4 is 17.7 Å². The Kier molecular flexibility index (Phi) is 17.6. The summed E-state index contributed by atoms with van der Waals surface area (Å²) >= 11 is 0. The van der Waals surface area contributed by atoms with E-state index in [4.69, 9.17) is 33.2 Å². The molecular formula is C39H52N2O9. The number of nitrogens with zero attached hydrogens (tertiary/aromatic N) is 1. The first kappa shape index (κ1) is 38.8. The third-order valence-corrected chi connectivity index (χ3v) is 8.15. The molecule has 1 aliphatic rings. The molecule has 1 aliphatic carbocycles. The van der Waals surface area contributed by atoms with Crippen LogP contribution in [0.5, 0.6) is 0 Å². The van der Waals surface area contributed by atoms with E-state index in [1.54, 1.807) is 19.2 Å². The van der Waals surface area contributed by atoms with Crippen molar-refractivity contribution < 1.29 is 42.7 Å². The monoisotopic (exact) mass is 692 g/mol. The van der Waals surface area contributed by atoms with E-state index in [2.05, 4.69) is 36.5 Å². The maximum atomic E-state index is 12.6. The summed E-state index contributed by atoms with van der Waals surface area (Å²) in [5, 5.41) is 3.32. The van der Waals surface area contributed by atoms with Crippen molar-refractivity contribution in [1.29, 1.82) is 0 Å². The molecule has 0 fully saturated rings. The number of ether oxygens (including phenoxy) is 7. The first-order valence-electron chi connectivity index (χ1n) is 17.5. The number of carbonyl (C=O) groups is 2. The molecule has 11 nitrogen and oxygen atoms in total. The van der Waals surface area contributed by atoms with E-state index < -0.39 is 0 Å². The molecule has 0 radical (unpaired) electrons. The molecular weight excluding hydrogens is 640 g/mol. The van der Waals surface area contributed by atoms with Crippen molar-refractivity contribution in [2.75, 3.05) is 105 Å². The largest absolute Gasteiger partial charge is 0.460 e. The van der Waals surface area contributed by atoms with Gasteiger partial charge in [-0.05, 0) is 52.9 Å². The molecule has 0 aliphatic heterocycles. The summed E-state index contributed by atoms with van der Waals surface area (Å²) in [6, 6.07) is 23.8. The lowest BCUT2D eigenvalue weighted by Gasteiger charge is -2.19. The smallest absolute Gasteiger partial charge is 0.409 e. The number of fused-ring (bicyclic) bond motifs is 3. The van der Waals surface area contributed by atoms with Gasteiger partial charge in [0, 0.05) is 31.7 Å². The van der Waals surface area contributed by atoms with Gasteiger partial charge in [0.1, 0.15) is 13.2 Å². The minimum Gasteiger partial charge on any atom is -0.460 e. The van der Waals surface area contributed by atoms with E-state index >= 15 is 0 Å². The minimum absolute atomic E-state index is 0.0356. The van der Waals surface area contributed by atoms with Crippen molar-refractivity contribution in [2.24, 2.45) is 0 Å². The summed E-state index contributed by atoms with van der Waals surface area (Å²) in [5.41, 5.74) is 6.29. The first-order chi connectivity index (χ1) is 24.6. The predicted molar refractivity (Wildman–Crippen MR) is 192 cm³/mol. The molecule has 0 saturated heterocycles. The second-order valence-corrected chi connectivity index (χ2v) is 11.8. The number of esters is 1. The number of anilines is 1. The van der Waals surface area contributed by atoms with Crippen LogP contribution in [0.1, 0.15) is 47.2 Å². The summed E-state index contributed by atoms with van der Waals surface area (Å²) in [5.74, 6) is -0.330. The van der Waals surface area contributed by atoms with Crippen molar-refractivity contribution in [3.05, 3.63) is 89.5 Å². The van der Waals surface area contributed by atoms with E-state index in [0.29, 0.717) is 84.8 Å². The second-order valence-electron chi connectivity index (χ2n) is 11.8. The Bertz CT molecular complexity index is 1370. The summed E-state index contributed by atoms with van der Waals surface area (Å²) in [6.45, 7) is 8.14. The van der Waals surface area contributed by atoms with Gasteiger partial charge in [-0.25, -0.2) is 9.59 Å². The number of benzene rings is 3. The predicted octanol–water partition coefficient (Wildman–Crippen LogP) is 6.02. The van der Waals surface area contributed by atoms with Crippen LogP contribution in [0.25, 0.3) is 11.1 Å². The number of hydrogen-bond donors (Lipinski definition) is 1. The zero-order chi connectivity index (χ0) is 35.2. The molecule has 0 bridgehead atoms. The quantitative estimate of drug-likeness (QED) is 0.0836. The first-order valence-corrected chi connectivity index (χ1v) is 17.5. The van der Waals surface area contributed by atoms with Gasteiger partial charge < -0.3 is 43.4 Å². The number of rotatable bonds is 25. The van der Waals surface area contributed by atoms with E-state index in [0.717, 1.165) is 25.1 Å². The molecule has 0 aromatic heterocycles. The molecule has 0 unspecified atom stereocenters. The third-order valence-electron chi connectivity index (χ3n) is 8.15. The fourth-order valence-electron chi connectivity index (χ4n) is 5.39. The van der Waals surface area contributed by atoms with Crippen LogP contribution in [-0.2, 0) is 33.2 Å². The van der Waals surface area contributed by atoms with Crippen LogP contribution in [0.2, 0.25) is 0 Å². The number of likely N-dealkylation sites (N-methyl/N-ethyl adjacent to an activating group) is 1. The SMILES string of the molecule is CCCCNc1ccc(C(=O)OCCOCCOCCOCCOCCOCCN(C)C(=O)OCC2c3ccccc3-c3ccccc32)cc1. The Balaban J connectivity index is 0.895. The van der Waals surface area contributed by atoms with Gasteiger partial charge in [0.05, 0.1) is 71.6 Å². The Hall–Kier alpha value is -4.00. The van der Waals surface area contributed by atoms with Gasteiger partial charge in [0.25, 0.3) is 0 Å². The Morgan fingerprint density at radius 2 is 1.14 bits per heavy atom. The lowest BCUT2D eigenvalue weighted by molar-refractivity contribution is -0.0158. The Morgan fingerprint density at radius 1 is 0.640 bits per heavy atom. The van der Waals surface area contributed by atoms with Gasteiger partial charge >= 0.3 is 12.1 Å². The molecule has 0 heterocycles. The molecule has 50 heavy (non-hydrogen) atoms. The van der Waals surface area contributed by atoms with Crippen LogP contribution in [0.3, 0.4) is 0 Å². The molecule has 11 heteroatoms.